The quantitative estimate of drug-likeness (QED) is 0.252. The van der Waals surface area contributed by atoms with Gasteiger partial charge in [-0.25, -0.2) is 8.42 Å². The molecule has 238 valence electrons. The summed E-state index contributed by atoms with van der Waals surface area (Å²) in [5, 5.41) is 2.88. The maximum Gasteiger partial charge on any atom is 0.416 e. The zero-order valence-electron chi connectivity index (χ0n) is 25.4. The van der Waals surface area contributed by atoms with Crippen molar-refractivity contribution in [1.29, 1.82) is 0 Å². The normalized spacial score (nSPS) is 13.1. The minimum absolute atomic E-state index is 0.0593. The monoisotopic (exact) mass is 633 g/mol. The van der Waals surface area contributed by atoms with Gasteiger partial charge in [-0.15, -0.1) is 0 Å². The minimum Gasteiger partial charge on any atom is -0.497 e. The Hall–Kier alpha value is -4.06. The molecule has 8 nitrogen and oxygen atoms in total. The molecule has 0 spiro atoms. The van der Waals surface area contributed by atoms with Gasteiger partial charge in [0, 0.05) is 12.6 Å². The molecule has 0 aliphatic rings. The predicted octanol–water partition coefficient (Wildman–Crippen LogP) is 5.94. The number of rotatable bonds is 13. The molecule has 0 heterocycles. The van der Waals surface area contributed by atoms with Crippen LogP contribution < -0.4 is 14.4 Å². The lowest BCUT2D eigenvalue weighted by atomic mass is 10.1. The van der Waals surface area contributed by atoms with Gasteiger partial charge in [-0.3, -0.25) is 13.9 Å². The third kappa shape index (κ3) is 8.52. The van der Waals surface area contributed by atoms with E-state index in [-0.39, 0.29) is 29.6 Å². The highest BCUT2D eigenvalue weighted by molar-refractivity contribution is 7.92. The van der Waals surface area contributed by atoms with Crippen LogP contribution in [0.1, 0.15) is 50.3 Å². The highest BCUT2D eigenvalue weighted by Crippen LogP contribution is 2.33. The molecule has 0 radical (unpaired) electrons. The molecule has 0 unspecified atom stereocenters. The number of hydrogen-bond donors (Lipinski definition) is 1. The summed E-state index contributed by atoms with van der Waals surface area (Å²) in [7, 11) is -3.01. The first kappa shape index (κ1) is 34.4. The Bertz CT molecular complexity index is 1530. The van der Waals surface area contributed by atoms with Crippen LogP contribution in [0.3, 0.4) is 0 Å². The molecular formula is C32H38F3N3O5S. The zero-order chi connectivity index (χ0) is 32.7. The topological polar surface area (TPSA) is 96.0 Å². The highest BCUT2D eigenvalue weighted by atomic mass is 32.2. The molecule has 0 bridgehead atoms. The van der Waals surface area contributed by atoms with E-state index in [9.17, 15) is 31.2 Å². The number of hydrogen-bond acceptors (Lipinski definition) is 5. The number of nitrogens with zero attached hydrogens (tertiary/aromatic N) is 2. The Labute approximate surface area is 256 Å². The number of anilines is 1. The Morgan fingerprint density at radius 3 is 2.14 bits per heavy atom. The molecule has 0 saturated carbocycles. The summed E-state index contributed by atoms with van der Waals surface area (Å²) in [4.78, 5) is 28.6. The number of ether oxygens (including phenoxy) is 1. The molecule has 3 aromatic carbocycles. The Morgan fingerprint density at radius 2 is 1.59 bits per heavy atom. The summed E-state index contributed by atoms with van der Waals surface area (Å²) in [5.74, 6) is -0.608. The van der Waals surface area contributed by atoms with E-state index in [0.29, 0.717) is 28.1 Å². The van der Waals surface area contributed by atoms with Gasteiger partial charge in [-0.1, -0.05) is 49.7 Å². The van der Waals surface area contributed by atoms with Crippen LogP contribution in [0, 0.1) is 6.92 Å². The molecule has 3 rings (SSSR count). The van der Waals surface area contributed by atoms with E-state index < -0.39 is 46.2 Å². The van der Waals surface area contributed by atoms with Gasteiger partial charge in [0.1, 0.15) is 18.3 Å². The van der Waals surface area contributed by atoms with Gasteiger partial charge in [0.25, 0.3) is 10.0 Å². The molecule has 44 heavy (non-hydrogen) atoms. The van der Waals surface area contributed by atoms with E-state index in [2.05, 4.69) is 5.32 Å². The molecule has 1 N–H and O–H groups in total. The van der Waals surface area contributed by atoms with Gasteiger partial charge >= 0.3 is 6.18 Å². The summed E-state index contributed by atoms with van der Waals surface area (Å²) in [6.07, 6.45) is -3.90. The first-order chi connectivity index (χ1) is 20.7. The SMILES string of the molecule is CC[C@H](C)NC(=O)[C@H](CC)N(Cc1ccc(OC)cc1)C(=O)CN(c1cccc(C(F)(F)F)c1)S(=O)(=O)c1ccc(C)cc1. The lowest BCUT2D eigenvalue weighted by Gasteiger charge is -2.34. The van der Waals surface area contributed by atoms with Gasteiger partial charge in [0.05, 0.1) is 23.3 Å². The van der Waals surface area contributed by atoms with E-state index >= 15 is 0 Å². The maximum absolute atomic E-state index is 14.1. The average Bonchev–Trinajstić information content (AvgIpc) is 2.99. The number of alkyl halides is 3. The molecule has 0 aliphatic carbocycles. The van der Waals surface area contributed by atoms with Crippen LogP contribution in [0.25, 0.3) is 0 Å². The van der Waals surface area contributed by atoms with Gasteiger partial charge in [-0.2, -0.15) is 13.2 Å². The maximum atomic E-state index is 14.1. The Balaban J connectivity index is 2.12. The van der Waals surface area contributed by atoms with Crippen LogP contribution in [0.4, 0.5) is 18.9 Å². The Morgan fingerprint density at radius 1 is 0.955 bits per heavy atom. The molecule has 0 aliphatic heterocycles. The fourth-order valence-corrected chi connectivity index (χ4v) is 5.90. The number of aryl methyl sites for hydroxylation is 1. The van der Waals surface area contributed by atoms with Gasteiger partial charge < -0.3 is 15.0 Å². The van der Waals surface area contributed by atoms with Gasteiger partial charge in [-0.05, 0) is 74.7 Å². The molecule has 0 fully saturated rings. The molecule has 0 saturated heterocycles. The first-order valence-electron chi connectivity index (χ1n) is 14.2. The first-order valence-corrected chi connectivity index (χ1v) is 15.6. The van der Waals surface area contributed by atoms with Crippen LogP contribution in [-0.4, -0.2) is 50.9 Å². The van der Waals surface area contributed by atoms with Crippen molar-refractivity contribution in [2.75, 3.05) is 18.0 Å². The zero-order valence-corrected chi connectivity index (χ0v) is 26.2. The molecule has 12 heteroatoms. The lowest BCUT2D eigenvalue weighted by Crippen LogP contribution is -2.53. The molecular weight excluding hydrogens is 595 g/mol. The summed E-state index contributed by atoms with van der Waals surface area (Å²) >= 11 is 0. The average molecular weight is 634 g/mol. The van der Waals surface area contributed by atoms with Gasteiger partial charge in [0.2, 0.25) is 11.8 Å². The van der Waals surface area contributed by atoms with Crippen LogP contribution >= 0.6 is 0 Å². The van der Waals surface area contributed by atoms with E-state index in [1.165, 1.54) is 30.2 Å². The molecule has 2 atom stereocenters. The highest BCUT2D eigenvalue weighted by Gasteiger charge is 2.36. The van der Waals surface area contributed by atoms with E-state index in [4.69, 9.17) is 4.74 Å². The van der Waals surface area contributed by atoms with Crippen molar-refractivity contribution in [2.24, 2.45) is 0 Å². The Kier molecular flexibility index (Phi) is 11.4. The molecule has 3 aromatic rings. The van der Waals surface area contributed by atoms with Crippen LogP contribution in [0.15, 0.2) is 77.7 Å². The molecule has 2 amide bonds. The second-order valence-corrected chi connectivity index (χ2v) is 12.3. The second-order valence-electron chi connectivity index (χ2n) is 10.5. The summed E-state index contributed by atoms with van der Waals surface area (Å²) in [6.45, 7) is 6.30. The number of benzene rings is 3. The summed E-state index contributed by atoms with van der Waals surface area (Å²) in [6, 6.07) is 15.2. The van der Waals surface area contributed by atoms with Crippen molar-refractivity contribution in [3.05, 3.63) is 89.5 Å². The van der Waals surface area contributed by atoms with Crippen molar-refractivity contribution in [3.8, 4) is 5.75 Å². The molecule has 0 aromatic heterocycles. The fraction of sp³-hybridized carbons (Fsp3) is 0.375. The number of carbonyl (C=O) groups excluding carboxylic acids is 2. The fourth-order valence-electron chi connectivity index (χ4n) is 4.49. The smallest absolute Gasteiger partial charge is 0.416 e. The third-order valence-corrected chi connectivity index (χ3v) is 9.04. The van der Waals surface area contributed by atoms with Crippen LogP contribution in [-0.2, 0) is 32.3 Å². The minimum atomic E-state index is -4.75. The number of methoxy groups -OCH3 is 1. The number of amides is 2. The van der Waals surface area contributed by atoms with Crippen molar-refractivity contribution < 1.29 is 35.9 Å². The van der Waals surface area contributed by atoms with E-state index in [0.717, 1.165) is 17.7 Å². The number of nitrogens with one attached hydrogen (secondary N) is 1. The number of sulfonamides is 1. The standard InChI is InChI=1S/C32H38F3N3O5S/c1-6-23(4)36-31(40)29(7-2)37(20-24-13-15-27(43-5)16-14-24)30(39)21-38(26-10-8-9-25(19-26)32(33,34)35)44(41,42)28-17-11-22(3)12-18-28/h8-19,23,29H,6-7,20-21H2,1-5H3,(H,36,40)/t23-,29-/m0/s1. The second kappa shape index (κ2) is 14.6. The summed E-state index contributed by atoms with van der Waals surface area (Å²) in [5.41, 5.74) is 0.00614. The van der Waals surface area contributed by atoms with E-state index in [1.54, 1.807) is 50.2 Å². The third-order valence-electron chi connectivity index (χ3n) is 7.25. The predicted molar refractivity (Wildman–Crippen MR) is 163 cm³/mol. The van der Waals surface area contributed by atoms with Crippen LogP contribution in [0.2, 0.25) is 0 Å². The van der Waals surface area contributed by atoms with Crippen molar-refractivity contribution in [2.45, 2.75) is 70.2 Å². The van der Waals surface area contributed by atoms with Crippen molar-refractivity contribution in [1.82, 2.24) is 10.2 Å². The van der Waals surface area contributed by atoms with Crippen molar-refractivity contribution in [3.63, 3.8) is 0 Å². The number of carbonyl (C=O) groups is 2. The largest absolute Gasteiger partial charge is 0.497 e. The van der Waals surface area contributed by atoms with E-state index in [1.807, 2.05) is 13.8 Å². The van der Waals surface area contributed by atoms with Gasteiger partial charge in [0.15, 0.2) is 0 Å². The van der Waals surface area contributed by atoms with Crippen LogP contribution in [0.5, 0.6) is 5.75 Å². The number of halogens is 3. The van der Waals surface area contributed by atoms with Crippen molar-refractivity contribution >= 4 is 27.5 Å². The lowest BCUT2D eigenvalue weighted by molar-refractivity contribution is -0.140. The summed E-state index contributed by atoms with van der Waals surface area (Å²) < 4.78 is 74.7.